The van der Waals surface area contributed by atoms with Gasteiger partial charge >= 0.3 is 0 Å². The van der Waals surface area contributed by atoms with Crippen LogP contribution in [0.4, 0.5) is 10.2 Å². The number of halogens is 3. The third-order valence-electron chi connectivity index (χ3n) is 3.77. The minimum absolute atomic E-state index is 0.269. The Labute approximate surface area is 150 Å². The molecule has 3 aromatic rings. The summed E-state index contributed by atoms with van der Waals surface area (Å²) in [6, 6.07) is 6.98. The largest absolute Gasteiger partial charge is 0.309 e. The van der Waals surface area contributed by atoms with E-state index in [1.165, 1.54) is 11.3 Å². The normalized spacial score (nSPS) is 19.5. The highest BCUT2D eigenvalue weighted by Gasteiger charge is 2.43. The Hall–Kier alpha value is -1.76. The number of nitrogens with zero attached hydrogens (tertiary/aromatic N) is 2. The van der Waals surface area contributed by atoms with Crippen LogP contribution in [0.5, 0.6) is 0 Å². The van der Waals surface area contributed by atoms with Gasteiger partial charge < -0.3 is 5.32 Å². The third-order valence-corrected chi connectivity index (χ3v) is 5.50. The molecule has 1 aromatic carbocycles. The first-order chi connectivity index (χ1) is 11.5. The van der Waals surface area contributed by atoms with Gasteiger partial charge in [0.1, 0.15) is 11.2 Å². The Morgan fingerprint density at radius 1 is 1.29 bits per heavy atom. The maximum Gasteiger partial charge on any atom is 0.231 e. The van der Waals surface area contributed by atoms with Crippen molar-refractivity contribution in [2.75, 3.05) is 5.32 Å². The molecule has 1 fully saturated rings. The second-order valence-corrected chi connectivity index (χ2v) is 7.28. The lowest BCUT2D eigenvalue weighted by Gasteiger charge is -2.03. The van der Waals surface area contributed by atoms with Crippen molar-refractivity contribution >= 4 is 56.5 Å². The van der Waals surface area contributed by atoms with E-state index in [0.717, 1.165) is 0 Å². The van der Waals surface area contributed by atoms with Gasteiger partial charge in [-0.1, -0.05) is 29.3 Å². The highest BCUT2D eigenvalue weighted by Crippen LogP contribution is 2.41. The summed E-state index contributed by atoms with van der Waals surface area (Å²) in [6.07, 6.45) is 0.767. The molecule has 0 radical (unpaired) electrons. The van der Waals surface area contributed by atoms with Gasteiger partial charge in [-0.15, -0.1) is 11.3 Å². The number of nitrogens with one attached hydrogen (secondary N) is 1. The minimum Gasteiger partial charge on any atom is -0.309 e. The number of anilines is 1. The van der Waals surface area contributed by atoms with Gasteiger partial charge in [0.05, 0.1) is 26.2 Å². The number of aromatic nitrogens is 2. The number of thiazole rings is 1. The molecular formula is C16H10Cl2FN3OS. The lowest BCUT2D eigenvalue weighted by atomic mass is 10.2. The average Bonchev–Trinajstić information content (AvgIpc) is 3.11. The molecule has 1 amide bonds. The molecule has 0 unspecified atom stereocenters. The van der Waals surface area contributed by atoms with E-state index in [2.05, 4.69) is 15.3 Å². The number of hydrogen-bond acceptors (Lipinski definition) is 4. The van der Waals surface area contributed by atoms with Crippen molar-refractivity contribution in [1.82, 2.24) is 9.97 Å². The lowest BCUT2D eigenvalue weighted by molar-refractivity contribution is -0.117. The maximum atomic E-state index is 13.0. The van der Waals surface area contributed by atoms with E-state index in [9.17, 15) is 9.18 Å². The number of carbonyl (C=O) groups is 1. The van der Waals surface area contributed by atoms with Gasteiger partial charge in [0, 0.05) is 11.8 Å². The van der Waals surface area contributed by atoms with Crippen molar-refractivity contribution in [3.05, 3.63) is 40.5 Å². The summed E-state index contributed by atoms with van der Waals surface area (Å²) in [7, 11) is 0. The van der Waals surface area contributed by atoms with Crippen LogP contribution in [-0.4, -0.2) is 22.0 Å². The van der Waals surface area contributed by atoms with Gasteiger partial charge in [0.2, 0.25) is 5.91 Å². The molecule has 24 heavy (non-hydrogen) atoms. The second-order valence-electron chi connectivity index (χ2n) is 5.47. The fraction of sp³-hybridized carbons (Fsp3) is 0.188. The number of rotatable bonds is 3. The molecule has 1 saturated carbocycles. The van der Waals surface area contributed by atoms with Crippen LogP contribution in [0, 0.1) is 5.92 Å². The second kappa shape index (κ2) is 5.95. The van der Waals surface area contributed by atoms with Crippen LogP contribution >= 0.6 is 34.5 Å². The summed E-state index contributed by atoms with van der Waals surface area (Å²) < 4.78 is 13.7. The van der Waals surface area contributed by atoms with E-state index in [1.54, 1.807) is 30.5 Å². The highest BCUT2D eigenvalue weighted by molar-refractivity contribution is 7.22. The van der Waals surface area contributed by atoms with Crippen molar-refractivity contribution < 1.29 is 9.18 Å². The van der Waals surface area contributed by atoms with E-state index < -0.39 is 12.1 Å². The van der Waals surface area contributed by atoms with Crippen molar-refractivity contribution in [2.45, 2.75) is 12.6 Å². The van der Waals surface area contributed by atoms with Crippen molar-refractivity contribution in [3.63, 3.8) is 0 Å². The fourth-order valence-corrected chi connectivity index (χ4v) is 4.16. The molecule has 2 aromatic heterocycles. The molecule has 2 heterocycles. The van der Waals surface area contributed by atoms with Crippen LogP contribution in [0.3, 0.4) is 0 Å². The summed E-state index contributed by atoms with van der Waals surface area (Å²) >= 11 is 13.8. The van der Waals surface area contributed by atoms with E-state index in [-0.39, 0.29) is 12.3 Å². The molecule has 8 heteroatoms. The van der Waals surface area contributed by atoms with Gasteiger partial charge in [0.15, 0.2) is 5.82 Å². The van der Waals surface area contributed by atoms with Gasteiger partial charge in [-0.25, -0.2) is 14.4 Å². The number of amides is 1. The lowest BCUT2D eigenvalue weighted by Crippen LogP contribution is -2.15. The Morgan fingerprint density at radius 2 is 2.00 bits per heavy atom. The molecule has 1 N–H and O–H groups in total. The van der Waals surface area contributed by atoms with E-state index in [0.29, 0.717) is 36.7 Å². The summed E-state index contributed by atoms with van der Waals surface area (Å²) in [5.74, 6) is -0.552. The first-order valence-corrected chi connectivity index (χ1v) is 8.76. The minimum atomic E-state index is -1.05. The molecule has 122 valence electrons. The number of benzene rings is 1. The van der Waals surface area contributed by atoms with Crippen LogP contribution in [0.25, 0.3) is 20.8 Å². The maximum absolute atomic E-state index is 13.0. The van der Waals surface area contributed by atoms with Crippen molar-refractivity contribution in [3.8, 4) is 10.6 Å². The zero-order valence-corrected chi connectivity index (χ0v) is 14.4. The Kier molecular flexibility index (Phi) is 3.90. The predicted octanol–water partition coefficient (Wildman–Crippen LogP) is 4.96. The quantitative estimate of drug-likeness (QED) is 0.697. The summed E-state index contributed by atoms with van der Waals surface area (Å²) in [4.78, 5) is 20.7. The molecule has 0 bridgehead atoms. The van der Waals surface area contributed by atoms with Gasteiger partial charge in [-0.3, -0.25) is 4.79 Å². The zero-order valence-electron chi connectivity index (χ0n) is 12.1. The summed E-state index contributed by atoms with van der Waals surface area (Å²) in [6.45, 7) is 0. The van der Waals surface area contributed by atoms with Crippen LogP contribution < -0.4 is 5.32 Å². The monoisotopic (exact) mass is 381 g/mol. The number of hydrogen-bond donors (Lipinski definition) is 1. The van der Waals surface area contributed by atoms with Crippen molar-refractivity contribution in [2.24, 2.45) is 5.92 Å². The van der Waals surface area contributed by atoms with Crippen LogP contribution in [0.15, 0.2) is 30.5 Å². The number of fused-ring (bicyclic) bond motifs is 1. The number of carbonyl (C=O) groups excluding carboxylic acids is 1. The van der Waals surface area contributed by atoms with E-state index >= 15 is 0 Å². The smallest absolute Gasteiger partial charge is 0.231 e. The van der Waals surface area contributed by atoms with Crippen LogP contribution in [0.1, 0.15) is 6.42 Å². The summed E-state index contributed by atoms with van der Waals surface area (Å²) in [5.41, 5.74) is 1.31. The Morgan fingerprint density at radius 3 is 2.67 bits per heavy atom. The van der Waals surface area contributed by atoms with E-state index in [1.807, 2.05) is 0 Å². The standard InChI is InChI=1S/C16H10Cl2FN3OS/c17-8-2-1-3-9(18)12(8)16-21-11-4-5-20-14(13(11)24-16)22-15(23)7-6-10(7)19/h1-5,7,10H,6H2,(H,20,22,23)/t7-,10+/m0/s1. The molecule has 2 atom stereocenters. The number of pyridine rings is 1. The molecule has 0 saturated heterocycles. The molecule has 0 spiro atoms. The third kappa shape index (κ3) is 2.75. The number of alkyl halides is 1. The molecule has 0 aliphatic heterocycles. The predicted molar refractivity (Wildman–Crippen MR) is 94.5 cm³/mol. The molecular weight excluding hydrogens is 372 g/mol. The van der Waals surface area contributed by atoms with Gasteiger partial charge in [-0.05, 0) is 24.6 Å². The molecule has 1 aliphatic rings. The van der Waals surface area contributed by atoms with E-state index in [4.69, 9.17) is 23.2 Å². The molecule has 4 nitrogen and oxygen atoms in total. The fourth-order valence-electron chi connectivity index (χ4n) is 2.40. The first kappa shape index (κ1) is 15.7. The zero-order chi connectivity index (χ0) is 16.8. The topological polar surface area (TPSA) is 54.9 Å². The van der Waals surface area contributed by atoms with Crippen molar-refractivity contribution in [1.29, 1.82) is 0 Å². The Balaban J connectivity index is 1.76. The van der Waals surface area contributed by atoms with Crippen LogP contribution in [-0.2, 0) is 4.79 Å². The van der Waals surface area contributed by atoms with Gasteiger partial charge in [-0.2, -0.15) is 0 Å². The summed E-state index contributed by atoms with van der Waals surface area (Å²) in [5, 5.41) is 4.32. The Bertz CT molecular complexity index is 941. The van der Waals surface area contributed by atoms with Gasteiger partial charge in [0.25, 0.3) is 0 Å². The molecule has 1 aliphatic carbocycles. The average molecular weight is 382 g/mol. The first-order valence-electron chi connectivity index (χ1n) is 7.19. The SMILES string of the molecule is O=C(Nc1nccc2nc(-c3c(Cl)cccc3Cl)sc12)[C@H]1C[C@H]1F. The highest BCUT2D eigenvalue weighted by atomic mass is 35.5. The molecule has 4 rings (SSSR count). The van der Waals surface area contributed by atoms with Crippen LogP contribution in [0.2, 0.25) is 10.0 Å².